The largest absolute Gasteiger partial charge is 0.326 e. The number of nitrogens with one attached hydrogen (secondary N) is 2. The SMILES string of the molecule is O=C(NNc1c(Cl)cc(Cl)cc1Cl)C1CCCN1C(=O)c1cccs1. The summed E-state index contributed by atoms with van der Waals surface area (Å²) in [6.45, 7) is 0.553. The predicted octanol–water partition coefficient (Wildman–Crippen LogP) is 4.46. The average molecular weight is 419 g/mol. The molecular weight excluding hydrogens is 405 g/mol. The van der Waals surface area contributed by atoms with E-state index in [0.717, 1.165) is 6.42 Å². The van der Waals surface area contributed by atoms with Crippen LogP contribution in [0.15, 0.2) is 29.6 Å². The molecule has 0 saturated carbocycles. The first-order valence-corrected chi connectivity index (χ1v) is 9.53. The number of thiophene rings is 1. The first-order valence-electron chi connectivity index (χ1n) is 7.52. The second-order valence-electron chi connectivity index (χ2n) is 5.49. The molecule has 1 atom stereocenters. The van der Waals surface area contributed by atoms with Crippen LogP contribution in [0.2, 0.25) is 15.1 Å². The molecule has 1 unspecified atom stereocenters. The monoisotopic (exact) mass is 417 g/mol. The van der Waals surface area contributed by atoms with Gasteiger partial charge in [-0.3, -0.25) is 20.4 Å². The van der Waals surface area contributed by atoms with Crippen molar-refractivity contribution in [2.45, 2.75) is 18.9 Å². The standard InChI is InChI=1S/C16H14Cl3N3O2S/c17-9-7-10(18)14(11(19)8-9)20-21-15(23)12-3-1-5-22(12)16(24)13-4-2-6-25-13/h2,4,6-8,12,20H,1,3,5H2,(H,21,23). The van der Waals surface area contributed by atoms with Gasteiger partial charge in [0.1, 0.15) is 6.04 Å². The Kier molecular flexibility index (Phi) is 5.74. The Morgan fingerprint density at radius 1 is 1.20 bits per heavy atom. The van der Waals surface area contributed by atoms with Crippen LogP contribution >= 0.6 is 46.1 Å². The number of carbonyl (C=O) groups is 2. The zero-order valence-electron chi connectivity index (χ0n) is 12.9. The lowest BCUT2D eigenvalue weighted by Crippen LogP contribution is -2.47. The average Bonchev–Trinajstić information content (AvgIpc) is 3.24. The maximum Gasteiger partial charge on any atom is 0.264 e. The van der Waals surface area contributed by atoms with Gasteiger partial charge in [-0.25, -0.2) is 0 Å². The molecule has 0 radical (unpaired) electrons. The van der Waals surface area contributed by atoms with Gasteiger partial charge in [0.05, 0.1) is 20.6 Å². The number of hydrogen-bond acceptors (Lipinski definition) is 4. The van der Waals surface area contributed by atoms with Gasteiger partial charge in [0, 0.05) is 11.6 Å². The van der Waals surface area contributed by atoms with Gasteiger partial charge < -0.3 is 4.90 Å². The van der Waals surface area contributed by atoms with Crippen molar-refractivity contribution in [2.75, 3.05) is 12.0 Å². The first-order chi connectivity index (χ1) is 12.0. The van der Waals surface area contributed by atoms with Crippen molar-refractivity contribution < 1.29 is 9.59 Å². The highest BCUT2D eigenvalue weighted by Gasteiger charge is 2.35. The fraction of sp³-hybridized carbons (Fsp3) is 0.250. The highest BCUT2D eigenvalue weighted by Crippen LogP contribution is 2.33. The van der Waals surface area contributed by atoms with Crippen LogP contribution in [0.25, 0.3) is 0 Å². The quantitative estimate of drug-likeness (QED) is 0.721. The maximum absolute atomic E-state index is 12.5. The molecule has 132 valence electrons. The molecule has 0 spiro atoms. The smallest absolute Gasteiger partial charge is 0.264 e. The van der Waals surface area contributed by atoms with E-state index in [1.54, 1.807) is 11.0 Å². The minimum Gasteiger partial charge on any atom is -0.326 e. The van der Waals surface area contributed by atoms with Gasteiger partial charge in [-0.05, 0) is 36.4 Å². The van der Waals surface area contributed by atoms with E-state index >= 15 is 0 Å². The summed E-state index contributed by atoms with van der Waals surface area (Å²) in [5, 5.41) is 2.81. The van der Waals surface area contributed by atoms with E-state index in [9.17, 15) is 9.59 Å². The molecule has 5 nitrogen and oxygen atoms in total. The fourth-order valence-electron chi connectivity index (χ4n) is 2.69. The maximum atomic E-state index is 12.5. The Balaban J connectivity index is 1.68. The van der Waals surface area contributed by atoms with Gasteiger partial charge in [0.25, 0.3) is 11.8 Å². The molecule has 2 amide bonds. The summed E-state index contributed by atoms with van der Waals surface area (Å²) in [4.78, 5) is 27.3. The zero-order valence-corrected chi connectivity index (χ0v) is 16.0. The van der Waals surface area contributed by atoms with E-state index in [-0.39, 0.29) is 21.9 Å². The number of hydrazine groups is 1. The van der Waals surface area contributed by atoms with E-state index in [1.807, 2.05) is 11.4 Å². The summed E-state index contributed by atoms with van der Waals surface area (Å²) in [6.07, 6.45) is 1.38. The number of nitrogens with zero attached hydrogens (tertiary/aromatic N) is 1. The second-order valence-corrected chi connectivity index (χ2v) is 7.69. The highest BCUT2D eigenvalue weighted by atomic mass is 35.5. The van der Waals surface area contributed by atoms with Crippen molar-refractivity contribution in [2.24, 2.45) is 0 Å². The summed E-state index contributed by atoms with van der Waals surface area (Å²) < 4.78 is 0. The third kappa shape index (κ3) is 4.03. The third-order valence-corrected chi connectivity index (χ3v) is 5.54. The Hall–Kier alpha value is -1.47. The topological polar surface area (TPSA) is 61.4 Å². The molecule has 1 aliphatic rings. The molecule has 9 heteroatoms. The lowest BCUT2D eigenvalue weighted by atomic mass is 10.2. The van der Waals surface area contributed by atoms with Crippen LogP contribution in [-0.2, 0) is 4.79 Å². The third-order valence-electron chi connectivity index (χ3n) is 3.87. The van der Waals surface area contributed by atoms with Crippen molar-refractivity contribution in [3.05, 3.63) is 49.6 Å². The molecule has 1 aliphatic heterocycles. The van der Waals surface area contributed by atoms with E-state index in [1.165, 1.54) is 23.5 Å². The van der Waals surface area contributed by atoms with E-state index in [2.05, 4.69) is 10.9 Å². The van der Waals surface area contributed by atoms with Crippen LogP contribution in [0.3, 0.4) is 0 Å². The summed E-state index contributed by atoms with van der Waals surface area (Å²) in [6, 6.07) is 6.07. The molecule has 3 rings (SSSR count). The van der Waals surface area contributed by atoms with Crippen molar-refractivity contribution >= 4 is 63.6 Å². The summed E-state index contributed by atoms with van der Waals surface area (Å²) in [7, 11) is 0. The van der Waals surface area contributed by atoms with Gasteiger partial charge in [0.15, 0.2) is 0 Å². The predicted molar refractivity (Wildman–Crippen MR) is 102 cm³/mol. The number of hydrogen-bond donors (Lipinski definition) is 2. The Bertz CT molecular complexity index is 775. The summed E-state index contributed by atoms with van der Waals surface area (Å²) in [5.74, 6) is -0.445. The second kappa shape index (κ2) is 7.83. The molecule has 0 bridgehead atoms. The molecular formula is C16H14Cl3N3O2S. The first kappa shape index (κ1) is 18.3. The molecule has 2 aromatic rings. The molecule has 2 N–H and O–H groups in total. The number of halogens is 3. The number of benzene rings is 1. The van der Waals surface area contributed by atoms with Crippen LogP contribution in [0.1, 0.15) is 22.5 Å². The van der Waals surface area contributed by atoms with Crippen molar-refractivity contribution in [1.82, 2.24) is 10.3 Å². The highest BCUT2D eigenvalue weighted by molar-refractivity contribution is 7.12. The number of carbonyl (C=O) groups excluding carboxylic acids is 2. The zero-order chi connectivity index (χ0) is 18.0. The van der Waals surface area contributed by atoms with Gasteiger partial charge in [-0.15, -0.1) is 11.3 Å². The molecule has 2 heterocycles. The molecule has 1 aromatic heterocycles. The van der Waals surface area contributed by atoms with Gasteiger partial charge in [0.2, 0.25) is 0 Å². The van der Waals surface area contributed by atoms with Crippen LogP contribution in [0.4, 0.5) is 5.69 Å². The van der Waals surface area contributed by atoms with Gasteiger partial charge in [-0.2, -0.15) is 0 Å². The summed E-state index contributed by atoms with van der Waals surface area (Å²) in [5.41, 5.74) is 5.66. The van der Waals surface area contributed by atoms with Crippen LogP contribution in [-0.4, -0.2) is 29.3 Å². The Morgan fingerprint density at radius 3 is 2.56 bits per heavy atom. The lowest BCUT2D eigenvalue weighted by molar-refractivity contribution is -0.124. The van der Waals surface area contributed by atoms with Crippen LogP contribution in [0.5, 0.6) is 0 Å². The van der Waals surface area contributed by atoms with Crippen molar-refractivity contribution in [1.29, 1.82) is 0 Å². The number of anilines is 1. The minimum absolute atomic E-state index is 0.129. The number of amides is 2. The summed E-state index contributed by atoms with van der Waals surface area (Å²) >= 11 is 19.4. The van der Waals surface area contributed by atoms with E-state index in [4.69, 9.17) is 34.8 Å². The van der Waals surface area contributed by atoms with Crippen molar-refractivity contribution in [3.63, 3.8) is 0 Å². The lowest BCUT2D eigenvalue weighted by Gasteiger charge is -2.24. The van der Waals surface area contributed by atoms with Gasteiger partial charge in [-0.1, -0.05) is 40.9 Å². The van der Waals surface area contributed by atoms with Crippen LogP contribution in [0, 0.1) is 0 Å². The van der Waals surface area contributed by atoms with Crippen LogP contribution < -0.4 is 10.9 Å². The Labute approximate surface area is 163 Å². The Morgan fingerprint density at radius 2 is 1.92 bits per heavy atom. The minimum atomic E-state index is -0.535. The number of likely N-dealkylation sites (tertiary alicyclic amines) is 1. The molecule has 1 saturated heterocycles. The fourth-order valence-corrected chi connectivity index (χ4v) is 4.28. The van der Waals surface area contributed by atoms with Gasteiger partial charge >= 0.3 is 0 Å². The van der Waals surface area contributed by atoms with E-state index in [0.29, 0.717) is 28.6 Å². The molecule has 0 aliphatic carbocycles. The number of rotatable bonds is 4. The van der Waals surface area contributed by atoms with E-state index < -0.39 is 6.04 Å². The normalized spacial score (nSPS) is 16.8. The van der Waals surface area contributed by atoms with Crippen molar-refractivity contribution in [3.8, 4) is 0 Å². The molecule has 1 aromatic carbocycles. The molecule has 25 heavy (non-hydrogen) atoms. The molecule has 1 fully saturated rings.